The van der Waals surface area contributed by atoms with E-state index < -0.39 is 0 Å². The molecule has 0 aliphatic carbocycles. The topological polar surface area (TPSA) is 73.8 Å². The fraction of sp³-hybridized carbons (Fsp3) is 0. The maximum atomic E-state index is 12.2. The second kappa shape index (κ2) is 12.0. The van der Waals surface area contributed by atoms with Crippen LogP contribution in [0.5, 0.6) is 0 Å². The Morgan fingerprint density at radius 2 is 1.06 bits per heavy atom. The predicted molar refractivity (Wildman–Crippen MR) is 202 cm³/mol. The van der Waals surface area contributed by atoms with E-state index in [0.29, 0.717) is 11.4 Å². The van der Waals surface area contributed by atoms with Crippen LogP contribution in [0.25, 0.3) is 83.3 Å². The Balaban J connectivity index is 1.18. The summed E-state index contributed by atoms with van der Waals surface area (Å²) in [5, 5.41) is 16.1. The molecular formula is C44H28N4O2. The van der Waals surface area contributed by atoms with E-state index in [0.717, 1.165) is 71.9 Å². The van der Waals surface area contributed by atoms with Gasteiger partial charge in [0.25, 0.3) is 5.69 Å². The van der Waals surface area contributed by atoms with Gasteiger partial charge in [0.15, 0.2) is 5.82 Å². The second-order valence-electron chi connectivity index (χ2n) is 12.3. The molecule has 0 unspecified atom stereocenters. The average Bonchev–Trinajstić information content (AvgIpc) is 3.51. The van der Waals surface area contributed by atoms with Crippen molar-refractivity contribution in [1.29, 1.82) is 0 Å². The highest BCUT2D eigenvalue weighted by Crippen LogP contribution is 2.41. The van der Waals surface area contributed by atoms with Gasteiger partial charge < -0.3 is 4.57 Å². The van der Waals surface area contributed by atoms with Crippen molar-refractivity contribution in [3.63, 3.8) is 0 Å². The highest BCUT2D eigenvalue weighted by Gasteiger charge is 2.21. The van der Waals surface area contributed by atoms with Crippen LogP contribution in [0.1, 0.15) is 0 Å². The number of rotatable bonds is 6. The lowest BCUT2D eigenvalue weighted by Crippen LogP contribution is -1.97. The first-order valence-corrected chi connectivity index (χ1v) is 16.4. The minimum absolute atomic E-state index is 0.0938. The van der Waals surface area contributed by atoms with Gasteiger partial charge in [0.2, 0.25) is 0 Å². The monoisotopic (exact) mass is 644 g/mol. The molecule has 0 spiro atoms. The summed E-state index contributed by atoms with van der Waals surface area (Å²) in [5.41, 5.74) is 9.29. The number of para-hydroxylation sites is 1. The zero-order valence-corrected chi connectivity index (χ0v) is 26.8. The van der Waals surface area contributed by atoms with Crippen LogP contribution in [0.4, 0.5) is 5.69 Å². The summed E-state index contributed by atoms with van der Waals surface area (Å²) in [7, 11) is 0. The molecule has 7 aromatic carbocycles. The van der Waals surface area contributed by atoms with E-state index in [1.165, 1.54) is 0 Å². The molecule has 0 amide bonds. The number of fused-ring (bicyclic) bond motifs is 4. The van der Waals surface area contributed by atoms with Gasteiger partial charge in [0.05, 0.1) is 32.9 Å². The van der Waals surface area contributed by atoms with Crippen molar-refractivity contribution in [3.05, 3.63) is 180 Å². The van der Waals surface area contributed by atoms with E-state index >= 15 is 0 Å². The number of nitrogens with zero attached hydrogens (tertiary/aromatic N) is 4. The summed E-state index contributed by atoms with van der Waals surface area (Å²) in [4.78, 5) is 21.9. The summed E-state index contributed by atoms with van der Waals surface area (Å²) in [6, 6.07) is 56.4. The standard InChI is InChI=1S/C44H28N4O2/c49-48(50)42-26-21-29-11-7-8-16-35(29)43(42)33-22-25-41-37(27-33)36-17-9-10-18-40(36)47(41)34-23-19-32(20-24-34)44-45-38(30-12-3-1-4-13-30)28-39(46-44)31-14-5-2-6-15-31/h1-28H. The molecule has 0 aliphatic heterocycles. The highest BCUT2D eigenvalue weighted by molar-refractivity contribution is 6.12. The molecule has 0 saturated carbocycles. The number of hydrogen-bond donors (Lipinski definition) is 0. The van der Waals surface area contributed by atoms with Gasteiger partial charge in [-0.15, -0.1) is 0 Å². The molecule has 2 aromatic heterocycles. The molecule has 6 heteroatoms. The van der Waals surface area contributed by atoms with E-state index in [2.05, 4.69) is 77.4 Å². The van der Waals surface area contributed by atoms with Gasteiger partial charge in [-0.05, 0) is 70.9 Å². The predicted octanol–water partition coefficient (Wildman–Crippen LogP) is 11.3. The molecule has 0 atom stereocenters. The minimum Gasteiger partial charge on any atom is -0.309 e. The van der Waals surface area contributed by atoms with Crippen LogP contribution >= 0.6 is 0 Å². The Bertz CT molecular complexity index is 2660. The third-order valence-electron chi connectivity index (χ3n) is 9.31. The molecular weight excluding hydrogens is 617 g/mol. The summed E-state index contributed by atoms with van der Waals surface area (Å²) < 4.78 is 2.24. The lowest BCUT2D eigenvalue weighted by Gasteiger charge is -2.12. The van der Waals surface area contributed by atoms with E-state index in [1.807, 2.05) is 91.0 Å². The SMILES string of the molecule is O=[N+]([O-])c1ccc2ccccc2c1-c1ccc2c(c1)c1ccccc1n2-c1ccc(-c2nc(-c3ccccc3)cc(-c3ccccc3)n2)cc1. The molecule has 0 bridgehead atoms. The van der Waals surface area contributed by atoms with Crippen LogP contribution in [0.15, 0.2) is 170 Å². The van der Waals surface area contributed by atoms with Crippen molar-refractivity contribution >= 4 is 38.3 Å². The van der Waals surface area contributed by atoms with Gasteiger partial charge in [-0.3, -0.25) is 10.1 Å². The lowest BCUT2D eigenvalue weighted by atomic mass is 9.95. The Labute approximate surface area is 287 Å². The maximum Gasteiger partial charge on any atom is 0.277 e. The molecule has 236 valence electrons. The van der Waals surface area contributed by atoms with Gasteiger partial charge in [-0.2, -0.15) is 0 Å². The van der Waals surface area contributed by atoms with E-state index in [4.69, 9.17) is 9.97 Å². The molecule has 50 heavy (non-hydrogen) atoms. The summed E-state index contributed by atoms with van der Waals surface area (Å²) >= 11 is 0. The summed E-state index contributed by atoms with van der Waals surface area (Å²) in [6.07, 6.45) is 0. The summed E-state index contributed by atoms with van der Waals surface area (Å²) in [5.74, 6) is 0.653. The number of nitro benzene ring substituents is 1. The van der Waals surface area contributed by atoms with Crippen molar-refractivity contribution in [1.82, 2.24) is 14.5 Å². The third-order valence-corrected chi connectivity index (χ3v) is 9.31. The van der Waals surface area contributed by atoms with Gasteiger partial charge in [-0.1, -0.05) is 109 Å². The van der Waals surface area contributed by atoms with Crippen LogP contribution in [-0.2, 0) is 0 Å². The Hall–Kier alpha value is -6.92. The van der Waals surface area contributed by atoms with Crippen LogP contribution in [0.3, 0.4) is 0 Å². The van der Waals surface area contributed by atoms with Gasteiger partial charge in [0, 0.05) is 39.2 Å². The molecule has 9 rings (SSSR count). The molecule has 2 heterocycles. The zero-order chi connectivity index (χ0) is 33.6. The van der Waals surface area contributed by atoms with Crippen molar-refractivity contribution in [3.8, 4) is 50.7 Å². The fourth-order valence-electron chi connectivity index (χ4n) is 6.97. The first-order valence-electron chi connectivity index (χ1n) is 16.4. The maximum absolute atomic E-state index is 12.2. The quantitative estimate of drug-likeness (QED) is 0.133. The van der Waals surface area contributed by atoms with E-state index in [1.54, 1.807) is 6.07 Å². The van der Waals surface area contributed by atoms with Gasteiger partial charge >= 0.3 is 0 Å². The third kappa shape index (κ3) is 4.98. The molecule has 9 aromatic rings. The molecule has 0 N–H and O–H groups in total. The summed E-state index contributed by atoms with van der Waals surface area (Å²) in [6.45, 7) is 0. The molecule has 0 radical (unpaired) electrons. The van der Waals surface area contributed by atoms with Crippen molar-refractivity contribution in [2.45, 2.75) is 0 Å². The molecule has 0 saturated heterocycles. The Morgan fingerprint density at radius 3 is 1.74 bits per heavy atom. The Morgan fingerprint density at radius 1 is 0.480 bits per heavy atom. The fourth-order valence-corrected chi connectivity index (χ4v) is 6.97. The second-order valence-corrected chi connectivity index (χ2v) is 12.3. The number of aromatic nitrogens is 3. The zero-order valence-electron chi connectivity index (χ0n) is 26.8. The van der Waals surface area contributed by atoms with Gasteiger partial charge in [-0.25, -0.2) is 9.97 Å². The largest absolute Gasteiger partial charge is 0.309 e. The van der Waals surface area contributed by atoms with E-state index in [9.17, 15) is 10.1 Å². The van der Waals surface area contributed by atoms with Crippen LogP contribution in [0, 0.1) is 10.1 Å². The minimum atomic E-state index is -0.293. The number of hydrogen-bond acceptors (Lipinski definition) is 4. The first kappa shape index (κ1) is 29.2. The van der Waals surface area contributed by atoms with Crippen LogP contribution < -0.4 is 0 Å². The molecule has 0 aliphatic rings. The smallest absolute Gasteiger partial charge is 0.277 e. The number of benzene rings is 7. The Kier molecular flexibility index (Phi) is 6.99. The van der Waals surface area contributed by atoms with Crippen LogP contribution in [-0.4, -0.2) is 19.5 Å². The van der Waals surface area contributed by atoms with E-state index in [-0.39, 0.29) is 10.6 Å². The first-order chi connectivity index (χ1) is 24.6. The van der Waals surface area contributed by atoms with Crippen LogP contribution in [0.2, 0.25) is 0 Å². The molecule has 6 nitrogen and oxygen atoms in total. The average molecular weight is 645 g/mol. The van der Waals surface area contributed by atoms with Crippen molar-refractivity contribution in [2.75, 3.05) is 0 Å². The lowest BCUT2D eigenvalue weighted by molar-refractivity contribution is -0.384. The van der Waals surface area contributed by atoms with Crippen molar-refractivity contribution < 1.29 is 4.92 Å². The highest BCUT2D eigenvalue weighted by atomic mass is 16.6. The number of nitro groups is 1. The van der Waals surface area contributed by atoms with Crippen molar-refractivity contribution in [2.24, 2.45) is 0 Å². The normalized spacial score (nSPS) is 11.4. The van der Waals surface area contributed by atoms with Gasteiger partial charge in [0.1, 0.15) is 0 Å². The molecule has 0 fully saturated rings.